The quantitative estimate of drug-likeness (QED) is 0.797. The molecule has 5 nitrogen and oxygen atoms in total. The number of hydrogen-bond donors (Lipinski definition) is 1. The first kappa shape index (κ1) is 9.59. The summed E-state index contributed by atoms with van der Waals surface area (Å²) in [5, 5.41) is 9.10. The minimum atomic E-state index is -0.922. The van der Waals surface area contributed by atoms with E-state index in [-0.39, 0.29) is 5.56 Å². The summed E-state index contributed by atoms with van der Waals surface area (Å²) in [4.78, 5) is 17.4. The Morgan fingerprint density at radius 2 is 2.25 bits per heavy atom. The number of hydrogen-bond acceptors (Lipinski definition) is 4. The van der Waals surface area contributed by atoms with Crippen LogP contribution in [-0.4, -0.2) is 41.4 Å². The van der Waals surface area contributed by atoms with Gasteiger partial charge in [-0.05, 0) is 18.6 Å². The molecule has 3 heterocycles. The van der Waals surface area contributed by atoms with Gasteiger partial charge in [0.2, 0.25) is 0 Å². The van der Waals surface area contributed by atoms with Crippen molar-refractivity contribution in [2.75, 3.05) is 18.1 Å². The number of carboxylic acids is 1. The number of ether oxygens (including phenoxy) is 1. The van der Waals surface area contributed by atoms with Gasteiger partial charge in [-0.15, -0.1) is 0 Å². The molecule has 0 radical (unpaired) electrons. The van der Waals surface area contributed by atoms with Crippen LogP contribution in [0.15, 0.2) is 18.3 Å². The van der Waals surface area contributed by atoms with Crippen LogP contribution >= 0.6 is 0 Å². The van der Waals surface area contributed by atoms with Crippen molar-refractivity contribution in [2.45, 2.75) is 18.5 Å². The molecule has 2 atom stereocenters. The molecule has 0 aromatic carbocycles. The van der Waals surface area contributed by atoms with Crippen LogP contribution in [0.2, 0.25) is 0 Å². The molecule has 2 aliphatic heterocycles. The molecule has 0 saturated carbocycles. The topological polar surface area (TPSA) is 62.7 Å². The lowest BCUT2D eigenvalue weighted by atomic mass is 9.91. The van der Waals surface area contributed by atoms with E-state index < -0.39 is 5.97 Å². The number of morpholine rings is 1. The number of rotatable bonds is 2. The highest BCUT2D eigenvalue weighted by Gasteiger charge is 2.44. The number of anilines is 1. The van der Waals surface area contributed by atoms with Gasteiger partial charge in [-0.25, -0.2) is 9.78 Å². The van der Waals surface area contributed by atoms with Gasteiger partial charge in [0.25, 0.3) is 0 Å². The fourth-order valence-corrected chi connectivity index (χ4v) is 2.45. The molecule has 2 bridgehead atoms. The molecule has 1 N–H and O–H groups in total. The van der Waals surface area contributed by atoms with Crippen LogP contribution in [0.4, 0.5) is 5.82 Å². The summed E-state index contributed by atoms with van der Waals surface area (Å²) in [6.45, 7) is 1.35. The zero-order chi connectivity index (χ0) is 11.1. The zero-order valence-electron chi connectivity index (χ0n) is 8.67. The van der Waals surface area contributed by atoms with E-state index in [1.807, 2.05) is 0 Å². The molecule has 2 fully saturated rings. The maximum atomic E-state index is 11.1. The Balaban J connectivity index is 1.97. The Kier molecular flexibility index (Phi) is 2.07. The van der Waals surface area contributed by atoms with E-state index in [0.717, 1.165) is 6.42 Å². The molecule has 2 aliphatic rings. The van der Waals surface area contributed by atoms with Crippen LogP contribution in [0.25, 0.3) is 0 Å². The first-order valence-corrected chi connectivity index (χ1v) is 5.32. The summed E-state index contributed by atoms with van der Waals surface area (Å²) in [5.74, 6) is -0.339. The van der Waals surface area contributed by atoms with Crippen LogP contribution < -0.4 is 4.90 Å². The lowest BCUT2D eigenvalue weighted by Crippen LogP contribution is -2.64. The number of pyridine rings is 1. The second-order valence-corrected chi connectivity index (χ2v) is 4.17. The first-order valence-electron chi connectivity index (χ1n) is 5.32. The molecule has 1 aromatic rings. The first-order chi connectivity index (χ1) is 7.77. The Labute approximate surface area is 92.7 Å². The van der Waals surface area contributed by atoms with Crippen molar-refractivity contribution in [1.82, 2.24) is 4.98 Å². The Hall–Kier alpha value is -1.62. The van der Waals surface area contributed by atoms with E-state index in [0.29, 0.717) is 31.1 Å². The molecule has 0 aliphatic carbocycles. The van der Waals surface area contributed by atoms with E-state index >= 15 is 0 Å². The predicted molar refractivity (Wildman–Crippen MR) is 56.7 cm³/mol. The van der Waals surface area contributed by atoms with Gasteiger partial charge in [0, 0.05) is 6.20 Å². The highest BCUT2D eigenvalue weighted by molar-refractivity contribution is 5.93. The lowest BCUT2D eigenvalue weighted by Gasteiger charge is -2.53. The summed E-state index contributed by atoms with van der Waals surface area (Å²) >= 11 is 0. The van der Waals surface area contributed by atoms with Gasteiger partial charge < -0.3 is 14.7 Å². The maximum Gasteiger partial charge on any atom is 0.339 e. The third-order valence-corrected chi connectivity index (χ3v) is 3.21. The average molecular weight is 220 g/mol. The van der Waals surface area contributed by atoms with Crippen LogP contribution in [0.1, 0.15) is 16.8 Å². The summed E-state index contributed by atoms with van der Waals surface area (Å²) in [5.41, 5.74) is 0.277. The van der Waals surface area contributed by atoms with Gasteiger partial charge in [-0.1, -0.05) is 0 Å². The van der Waals surface area contributed by atoms with Gasteiger partial charge in [-0.3, -0.25) is 0 Å². The Morgan fingerprint density at radius 1 is 1.50 bits per heavy atom. The molecule has 1 aromatic heterocycles. The predicted octanol–water partition coefficient (Wildman–Crippen LogP) is 0.757. The van der Waals surface area contributed by atoms with E-state index in [1.165, 1.54) is 0 Å². The average Bonchev–Trinajstić information content (AvgIpc) is 2.30. The monoisotopic (exact) mass is 220 g/mol. The Bertz CT molecular complexity index is 421. The van der Waals surface area contributed by atoms with Crippen molar-refractivity contribution >= 4 is 11.8 Å². The minimum Gasteiger partial charge on any atom is -0.478 e. The summed E-state index contributed by atoms with van der Waals surface area (Å²) in [7, 11) is 0. The zero-order valence-corrected chi connectivity index (χ0v) is 8.67. The third kappa shape index (κ3) is 1.28. The number of carboxylic acid groups (broad SMARTS) is 1. The van der Waals surface area contributed by atoms with Crippen molar-refractivity contribution in [1.29, 1.82) is 0 Å². The highest BCUT2D eigenvalue weighted by atomic mass is 16.5. The van der Waals surface area contributed by atoms with Crippen molar-refractivity contribution in [3.63, 3.8) is 0 Å². The summed E-state index contributed by atoms with van der Waals surface area (Å²) in [6, 6.07) is 3.84. The normalized spacial score (nSPS) is 27.4. The fourth-order valence-electron chi connectivity index (χ4n) is 2.45. The smallest absolute Gasteiger partial charge is 0.339 e. The van der Waals surface area contributed by atoms with E-state index in [2.05, 4.69) is 9.88 Å². The molecule has 16 heavy (non-hydrogen) atoms. The highest BCUT2D eigenvalue weighted by Crippen LogP contribution is 2.36. The van der Waals surface area contributed by atoms with Crippen LogP contribution in [0.5, 0.6) is 0 Å². The molecular weight excluding hydrogens is 208 g/mol. The molecule has 5 heteroatoms. The number of aromatic nitrogens is 1. The van der Waals surface area contributed by atoms with Gasteiger partial charge in [0.05, 0.1) is 25.3 Å². The fraction of sp³-hybridized carbons (Fsp3) is 0.455. The summed E-state index contributed by atoms with van der Waals surface area (Å²) in [6.07, 6.45) is 2.71. The Morgan fingerprint density at radius 3 is 2.88 bits per heavy atom. The van der Waals surface area contributed by atoms with E-state index in [9.17, 15) is 4.79 Å². The number of aromatic carboxylic acids is 1. The van der Waals surface area contributed by atoms with Gasteiger partial charge in [-0.2, -0.15) is 0 Å². The molecule has 2 saturated heterocycles. The van der Waals surface area contributed by atoms with Gasteiger partial charge in [0.1, 0.15) is 11.4 Å². The molecule has 3 rings (SSSR count). The standard InChI is InChI=1S/C11H12N2O3/c14-11(15)9-2-1-3-12-10(9)13-7-4-8(13)6-16-5-7/h1-3,7-8H,4-6H2,(H,14,15)/t7-,8-/m1/s1. The molecule has 84 valence electrons. The molecule has 0 spiro atoms. The van der Waals surface area contributed by atoms with Crippen LogP contribution in [-0.2, 0) is 4.74 Å². The second-order valence-electron chi connectivity index (χ2n) is 4.17. The maximum absolute atomic E-state index is 11.1. The lowest BCUT2D eigenvalue weighted by molar-refractivity contribution is 0.00946. The van der Waals surface area contributed by atoms with Crippen LogP contribution in [0, 0.1) is 0 Å². The van der Waals surface area contributed by atoms with Gasteiger partial charge in [0.15, 0.2) is 0 Å². The molecule has 0 unspecified atom stereocenters. The van der Waals surface area contributed by atoms with Gasteiger partial charge >= 0.3 is 5.97 Å². The van der Waals surface area contributed by atoms with Crippen molar-refractivity contribution in [3.05, 3.63) is 23.9 Å². The molecular formula is C11H12N2O3. The molecule has 0 amide bonds. The number of nitrogens with zero attached hydrogens (tertiary/aromatic N) is 2. The minimum absolute atomic E-state index is 0.277. The number of carbonyl (C=O) groups is 1. The van der Waals surface area contributed by atoms with Crippen molar-refractivity contribution in [3.8, 4) is 0 Å². The van der Waals surface area contributed by atoms with Crippen LogP contribution in [0.3, 0.4) is 0 Å². The van der Waals surface area contributed by atoms with Crippen molar-refractivity contribution < 1.29 is 14.6 Å². The second kappa shape index (κ2) is 3.45. The summed E-state index contributed by atoms with van der Waals surface area (Å²) < 4.78 is 5.37. The largest absolute Gasteiger partial charge is 0.478 e. The number of fused-ring (bicyclic) bond motifs is 2. The van der Waals surface area contributed by atoms with E-state index in [4.69, 9.17) is 9.84 Å². The third-order valence-electron chi connectivity index (χ3n) is 3.21. The SMILES string of the molecule is O=C(O)c1cccnc1N1[C@H]2COC[C@H]1C2. The van der Waals surface area contributed by atoms with Crippen molar-refractivity contribution in [2.24, 2.45) is 0 Å². The van der Waals surface area contributed by atoms with E-state index in [1.54, 1.807) is 18.3 Å².